The zero-order valence-corrected chi connectivity index (χ0v) is 12.1. The zero-order chi connectivity index (χ0) is 15.4. The van der Waals surface area contributed by atoms with Crippen LogP contribution in [-0.2, 0) is 4.79 Å². The Morgan fingerprint density at radius 1 is 1.10 bits per heavy atom. The van der Waals surface area contributed by atoms with E-state index in [1.54, 1.807) is 12.1 Å². The molecule has 2 aromatic rings. The van der Waals surface area contributed by atoms with Gasteiger partial charge < -0.3 is 5.32 Å². The molecule has 0 spiro atoms. The number of hydrogen-bond acceptors (Lipinski definition) is 1. The maximum atomic E-state index is 13.4. The highest BCUT2D eigenvalue weighted by molar-refractivity contribution is 6.35. The van der Waals surface area contributed by atoms with E-state index in [-0.39, 0.29) is 0 Å². The molecule has 0 radical (unpaired) electrons. The van der Waals surface area contributed by atoms with Gasteiger partial charge in [-0.2, -0.15) is 0 Å². The van der Waals surface area contributed by atoms with E-state index in [0.717, 1.165) is 18.2 Å². The number of amides is 1. The van der Waals surface area contributed by atoms with Gasteiger partial charge in [0.2, 0.25) is 5.91 Å². The van der Waals surface area contributed by atoms with E-state index >= 15 is 0 Å². The second-order valence-corrected chi connectivity index (χ2v) is 4.93. The molecule has 0 heterocycles. The monoisotopic (exact) mass is 327 g/mol. The van der Waals surface area contributed by atoms with Crippen LogP contribution in [0.2, 0.25) is 10.0 Å². The topological polar surface area (TPSA) is 29.1 Å². The van der Waals surface area contributed by atoms with E-state index < -0.39 is 23.2 Å². The molecule has 0 atom stereocenters. The van der Waals surface area contributed by atoms with Crippen LogP contribution in [0.25, 0.3) is 6.08 Å². The molecule has 6 heteroatoms. The quantitative estimate of drug-likeness (QED) is 0.796. The predicted molar refractivity (Wildman–Crippen MR) is 80.5 cm³/mol. The van der Waals surface area contributed by atoms with Gasteiger partial charge in [-0.05, 0) is 35.9 Å². The molecule has 1 amide bonds. The Bertz CT molecular complexity index is 697. The summed E-state index contributed by atoms with van der Waals surface area (Å²) in [6.45, 7) is 0. The van der Waals surface area contributed by atoms with E-state index in [1.807, 2.05) is 0 Å². The van der Waals surface area contributed by atoms with Crippen molar-refractivity contribution in [3.8, 4) is 0 Å². The van der Waals surface area contributed by atoms with Gasteiger partial charge in [-0.15, -0.1) is 0 Å². The zero-order valence-electron chi connectivity index (χ0n) is 10.5. The van der Waals surface area contributed by atoms with Gasteiger partial charge in [0.15, 0.2) is 0 Å². The summed E-state index contributed by atoms with van der Waals surface area (Å²) in [5.74, 6) is -2.37. The fourth-order valence-electron chi connectivity index (χ4n) is 1.58. The van der Waals surface area contributed by atoms with Crippen molar-refractivity contribution in [3.05, 3.63) is 69.7 Å². The summed E-state index contributed by atoms with van der Waals surface area (Å²) < 4.78 is 26.7. The number of benzene rings is 2. The van der Waals surface area contributed by atoms with Gasteiger partial charge in [0.05, 0.1) is 0 Å². The van der Waals surface area contributed by atoms with Gasteiger partial charge in [0, 0.05) is 16.1 Å². The molecule has 0 aromatic heterocycles. The van der Waals surface area contributed by atoms with Gasteiger partial charge >= 0.3 is 0 Å². The number of carbonyl (C=O) groups is 1. The average molecular weight is 328 g/mol. The number of rotatable bonds is 3. The van der Waals surface area contributed by atoms with Crippen molar-refractivity contribution in [3.63, 3.8) is 0 Å². The molecule has 0 aliphatic carbocycles. The molecule has 2 nitrogen and oxygen atoms in total. The minimum absolute atomic E-state index is 0.364. The first-order valence-corrected chi connectivity index (χ1v) is 6.61. The Morgan fingerprint density at radius 2 is 1.76 bits per heavy atom. The number of para-hydroxylation sites is 1. The molecule has 2 aromatic carbocycles. The summed E-state index contributed by atoms with van der Waals surface area (Å²) in [5, 5.41) is 2.97. The highest BCUT2D eigenvalue weighted by Crippen LogP contribution is 2.22. The number of nitrogens with one attached hydrogen (secondary N) is 1. The summed E-state index contributed by atoms with van der Waals surface area (Å²) in [6.07, 6.45) is 2.55. The lowest BCUT2D eigenvalue weighted by atomic mass is 10.2. The van der Waals surface area contributed by atoms with Crippen molar-refractivity contribution >= 4 is 40.9 Å². The van der Waals surface area contributed by atoms with Gasteiger partial charge in [-0.3, -0.25) is 4.79 Å². The molecule has 2 rings (SSSR count). The highest BCUT2D eigenvalue weighted by Gasteiger charge is 2.10. The molecule has 1 N–H and O–H groups in total. The van der Waals surface area contributed by atoms with Crippen molar-refractivity contribution in [2.24, 2.45) is 0 Å². The minimum atomic E-state index is -0.846. The van der Waals surface area contributed by atoms with Crippen molar-refractivity contribution < 1.29 is 13.6 Å². The lowest BCUT2D eigenvalue weighted by Gasteiger charge is -2.05. The molecule has 0 unspecified atom stereocenters. The van der Waals surface area contributed by atoms with Crippen LogP contribution in [0.5, 0.6) is 0 Å². The van der Waals surface area contributed by atoms with Crippen molar-refractivity contribution in [1.82, 2.24) is 0 Å². The Hall–Kier alpha value is -1.91. The largest absolute Gasteiger partial charge is 0.318 e. The number of halogens is 4. The van der Waals surface area contributed by atoms with Crippen LogP contribution in [0.1, 0.15) is 5.56 Å². The van der Waals surface area contributed by atoms with Gasteiger partial charge in [-0.1, -0.05) is 35.3 Å². The molecule has 21 heavy (non-hydrogen) atoms. The number of hydrogen-bond donors (Lipinski definition) is 1. The van der Waals surface area contributed by atoms with Crippen LogP contribution < -0.4 is 5.32 Å². The highest BCUT2D eigenvalue weighted by atomic mass is 35.5. The van der Waals surface area contributed by atoms with Crippen LogP contribution in [-0.4, -0.2) is 5.91 Å². The molecule has 0 bridgehead atoms. The molecule has 0 aliphatic heterocycles. The molecule has 0 fully saturated rings. The van der Waals surface area contributed by atoms with E-state index in [2.05, 4.69) is 5.32 Å². The van der Waals surface area contributed by atoms with E-state index in [4.69, 9.17) is 23.2 Å². The Labute approximate surface area is 130 Å². The maximum absolute atomic E-state index is 13.4. The predicted octanol–water partition coefficient (Wildman–Crippen LogP) is 4.92. The first-order valence-electron chi connectivity index (χ1n) is 5.85. The molecule has 0 saturated heterocycles. The van der Waals surface area contributed by atoms with Gasteiger partial charge in [0.25, 0.3) is 0 Å². The Morgan fingerprint density at radius 3 is 2.38 bits per heavy atom. The molecular formula is C15H9Cl2F2NO. The summed E-state index contributed by atoms with van der Waals surface area (Å²) in [4.78, 5) is 11.7. The third kappa shape index (κ3) is 4.03. The smallest absolute Gasteiger partial charge is 0.248 e. The van der Waals surface area contributed by atoms with E-state index in [1.165, 1.54) is 18.2 Å². The van der Waals surface area contributed by atoms with Crippen molar-refractivity contribution in [2.45, 2.75) is 0 Å². The normalized spacial score (nSPS) is 10.9. The first-order chi connectivity index (χ1) is 9.97. The fourth-order valence-corrected chi connectivity index (χ4v) is 2.06. The van der Waals surface area contributed by atoms with E-state index in [9.17, 15) is 13.6 Å². The first kappa shape index (κ1) is 15.5. The second kappa shape index (κ2) is 6.70. The molecule has 108 valence electrons. The van der Waals surface area contributed by atoms with Gasteiger partial charge in [-0.25, -0.2) is 8.78 Å². The average Bonchev–Trinajstić information content (AvgIpc) is 2.42. The van der Waals surface area contributed by atoms with E-state index in [0.29, 0.717) is 15.6 Å². The number of carbonyl (C=O) groups excluding carboxylic acids is 1. The third-order valence-electron chi connectivity index (χ3n) is 2.59. The van der Waals surface area contributed by atoms with Crippen LogP contribution >= 0.6 is 23.2 Å². The second-order valence-electron chi connectivity index (χ2n) is 4.09. The summed E-state index contributed by atoms with van der Waals surface area (Å²) in [5.41, 5.74) is 0.0691. The molecular weight excluding hydrogens is 319 g/mol. The SMILES string of the molecule is O=C(/C=C/c1ccc(Cl)cc1Cl)Nc1c(F)cccc1F. The fraction of sp³-hybridized carbons (Fsp3) is 0. The van der Waals surface area contributed by atoms with Crippen molar-refractivity contribution in [2.75, 3.05) is 5.32 Å². The maximum Gasteiger partial charge on any atom is 0.248 e. The third-order valence-corrected chi connectivity index (χ3v) is 3.15. The lowest BCUT2D eigenvalue weighted by molar-refractivity contribution is -0.111. The molecule has 0 saturated carbocycles. The number of anilines is 1. The van der Waals surface area contributed by atoms with Crippen LogP contribution in [0, 0.1) is 11.6 Å². The van der Waals surface area contributed by atoms with Crippen LogP contribution in [0.15, 0.2) is 42.5 Å². The standard InChI is InChI=1S/C15H9Cl2F2NO/c16-10-6-4-9(11(17)8-10)5-7-14(21)20-15-12(18)2-1-3-13(15)19/h1-8H,(H,20,21)/b7-5+. The van der Waals surface area contributed by atoms with Crippen LogP contribution in [0.4, 0.5) is 14.5 Å². The molecule has 0 aliphatic rings. The Kier molecular flexibility index (Phi) is 4.94. The van der Waals surface area contributed by atoms with Gasteiger partial charge in [0.1, 0.15) is 17.3 Å². The van der Waals surface area contributed by atoms with Crippen molar-refractivity contribution in [1.29, 1.82) is 0 Å². The summed E-state index contributed by atoms with van der Waals surface area (Å²) in [7, 11) is 0. The summed E-state index contributed by atoms with van der Waals surface area (Å²) in [6, 6.07) is 8.08. The van der Waals surface area contributed by atoms with Crippen LogP contribution in [0.3, 0.4) is 0 Å². The minimum Gasteiger partial charge on any atom is -0.318 e. The Balaban J connectivity index is 2.13. The lowest BCUT2D eigenvalue weighted by Crippen LogP contribution is -2.10. The summed E-state index contributed by atoms with van der Waals surface area (Å²) >= 11 is 11.7.